The Kier molecular flexibility index (Phi) is 6.92. The number of carbonyl (C=O) groups is 1. The predicted octanol–water partition coefficient (Wildman–Crippen LogP) is 3.95. The number of carbonyl (C=O) groups excluding carboxylic acids is 1. The van der Waals surface area contributed by atoms with Crippen molar-refractivity contribution >= 4 is 16.9 Å². The van der Waals surface area contributed by atoms with E-state index in [-0.39, 0.29) is 5.91 Å². The molecular formula is C27H27N3O4. The average molecular weight is 458 g/mol. The van der Waals surface area contributed by atoms with Crippen molar-refractivity contribution in [3.8, 4) is 5.75 Å². The number of ether oxygens (including phenoxy) is 1. The van der Waals surface area contributed by atoms with Gasteiger partial charge >= 0.3 is 11.1 Å². The lowest BCUT2D eigenvalue weighted by Gasteiger charge is -2.21. The van der Waals surface area contributed by atoms with E-state index in [1.54, 1.807) is 30.0 Å². The quantitative estimate of drug-likeness (QED) is 0.406. The Hall–Kier alpha value is -4.13. The zero-order valence-corrected chi connectivity index (χ0v) is 19.3. The van der Waals surface area contributed by atoms with E-state index in [0.717, 1.165) is 16.9 Å². The Morgan fingerprint density at radius 1 is 0.941 bits per heavy atom. The number of rotatable bonds is 8. The average Bonchev–Trinajstić information content (AvgIpc) is 2.87. The number of nitrogens with zero attached hydrogens (tertiary/aromatic N) is 2. The van der Waals surface area contributed by atoms with Gasteiger partial charge in [-0.3, -0.25) is 14.4 Å². The van der Waals surface area contributed by atoms with Crippen LogP contribution in [0.4, 0.5) is 0 Å². The maximum atomic E-state index is 13.2. The molecule has 34 heavy (non-hydrogen) atoms. The summed E-state index contributed by atoms with van der Waals surface area (Å²) in [7, 11) is 0. The normalized spacial score (nSPS) is 10.9. The molecule has 1 amide bonds. The summed E-state index contributed by atoms with van der Waals surface area (Å²) in [6.45, 7) is 5.56. The largest absolute Gasteiger partial charge is 0.489 e. The fraction of sp³-hybridized carbons (Fsp3) is 0.222. The monoisotopic (exact) mass is 457 g/mol. The van der Waals surface area contributed by atoms with E-state index in [4.69, 9.17) is 4.74 Å². The highest BCUT2D eigenvalue weighted by Crippen LogP contribution is 2.18. The minimum atomic E-state index is -0.694. The molecule has 0 fully saturated rings. The summed E-state index contributed by atoms with van der Waals surface area (Å²) in [6, 6.07) is 22.7. The standard InChI is InChI=1S/C27H27N3O4/c1-3-29(17-19-10-13-22(14-11-19)34-18-20-8-6-5-7-9-20)26(32)21-12-15-24-23(16-21)28-25(31)27(33)30(24)4-2/h5-16H,3-4,17-18H2,1-2H3,(H,28,31). The fourth-order valence-electron chi connectivity index (χ4n) is 3.89. The van der Waals surface area contributed by atoms with Crippen molar-refractivity contribution < 1.29 is 9.53 Å². The van der Waals surface area contributed by atoms with E-state index < -0.39 is 11.1 Å². The molecule has 0 aliphatic heterocycles. The molecule has 0 atom stereocenters. The summed E-state index contributed by atoms with van der Waals surface area (Å²) in [5.41, 5.74) is 2.31. The van der Waals surface area contributed by atoms with Crippen LogP contribution in [0.15, 0.2) is 82.4 Å². The molecule has 7 nitrogen and oxygen atoms in total. The van der Waals surface area contributed by atoms with Crippen molar-refractivity contribution in [3.05, 3.63) is 110 Å². The summed E-state index contributed by atoms with van der Waals surface area (Å²) in [6.07, 6.45) is 0. The molecule has 4 aromatic rings. The Balaban J connectivity index is 1.48. The molecule has 4 rings (SSSR count). The third-order valence-corrected chi connectivity index (χ3v) is 5.75. The molecule has 0 saturated heterocycles. The number of H-pyrrole nitrogens is 1. The summed E-state index contributed by atoms with van der Waals surface area (Å²) in [4.78, 5) is 41.6. The molecule has 1 N–H and O–H groups in total. The van der Waals surface area contributed by atoms with Crippen LogP contribution in [0.5, 0.6) is 5.75 Å². The lowest BCUT2D eigenvalue weighted by molar-refractivity contribution is 0.0752. The van der Waals surface area contributed by atoms with Crippen molar-refractivity contribution in [2.45, 2.75) is 33.5 Å². The molecule has 0 radical (unpaired) electrons. The van der Waals surface area contributed by atoms with E-state index >= 15 is 0 Å². The van der Waals surface area contributed by atoms with Crippen LogP contribution in [0.3, 0.4) is 0 Å². The zero-order chi connectivity index (χ0) is 24.1. The molecule has 174 valence electrons. The lowest BCUT2D eigenvalue weighted by Crippen LogP contribution is -2.36. The molecule has 0 aliphatic rings. The van der Waals surface area contributed by atoms with Crippen LogP contribution in [-0.2, 0) is 19.7 Å². The Morgan fingerprint density at radius 3 is 2.35 bits per heavy atom. The van der Waals surface area contributed by atoms with Gasteiger partial charge in [0.05, 0.1) is 11.0 Å². The molecule has 1 heterocycles. The summed E-state index contributed by atoms with van der Waals surface area (Å²) in [5, 5.41) is 0. The molecular weight excluding hydrogens is 430 g/mol. The SMILES string of the molecule is CCN(Cc1ccc(OCc2ccccc2)cc1)C(=O)c1ccc2c(c1)[nH]c(=O)c(=O)n2CC. The maximum absolute atomic E-state index is 13.2. The fourth-order valence-corrected chi connectivity index (χ4v) is 3.89. The van der Waals surface area contributed by atoms with Crippen molar-refractivity contribution in [1.82, 2.24) is 14.5 Å². The van der Waals surface area contributed by atoms with E-state index in [9.17, 15) is 14.4 Å². The molecule has 0 saturated carbocycles. The molecule has 7 heteroatoms. The van der Waals surface area contributed by atoms with Gasteiger partial charge in [0.25, 0.3) is 5.91 Å². The second-order valence-corrected chi connectivity index (χ2v) is 7.97. The number of aryl methyl sites for hydroxylation is 1. The van der Waals surface area contributed by atoms with Crippen molar-refractivity contribution in [2.24, 2.45) is 0 Å². The molecule has 3 aromatic carbocycles. The zero-order valence-electron chi connectivity index (χ0n) is 19.3. The third-order valence-electron chi connectivity index (χ3n) is 5.75. The lowest BCUT2D eigenvalue weighted by atomic mass is 10.1. The first-order chi connectivity index (χ1) is 16.5. The summed E-state index contributed by atoms with van der Waals surface area (Å²) >= 11 is 0. The number of aromatic amines is 1. The molecule has 0 bridgehead atoms. The highest BCUT2D eigenvalue weighted by atomic mass is 16.5. The summed E-state index contributed by atoms with van der Waals surface area (Å²) < 4.78 is 7.24. The molecule has 0 spiro atoms. The van der Waals surface area contributed by atoms with E-state index in [1.165, 1.54) is 4.57 Å². The topological polar surface area (TPSA) is 84.4 Å². The van der Waals surface area contributed by atoms with Crippen LogP contribution in [-0.4, -0.2) is 26.9 Å². The number of hydrogen-bond donors (Lipinski definition) is 1. The second kappa shape index (κ2) is 10.2. The van der Waals surface area contributed by atoms with Crippen LogP contribution in [0.2, 0.25) is 0 Å². The van der Waals surface area contributed by atoms with E-state index in [2.05, 4.69) is 4.98 Å². The van der Waals surface area contributed by atoms with Gasteiger partial charge in [0.2, 0.25) is 0 Å². The van der Waals surface area contributed by atoms with Gasteiger partial charge in [0.1, 0.15) is 12.4 Å². The first-order valence-corrected chi connectivity index (χ1v) is 11.3. The first-order valence-electron chi connectivity index (χ1n) is 11.3. The maximum Gasteiger partial charge on any atom is 0.316 e. The van der Waals surface area contributed by atoms with E-state index in [0.29, 0.717) is 42.8 Å². The van der Waals surface area contributed by atoms with Gasteiger partial charge in [-0.1, -0.05) is 42.5 Å². The van der Waals surface area contributed by atoms with Gasteiger partial charge in [-0.05, 0) is 55.3 Å². The number of nitrogens with one attached hydrogen (secondary N) is 1. The highest BCUT2D eigenvalue weighted by Gasteiger charge is 2.16. The summed E-state index contributed by atoms with van der Waals surface area (Å²) in [5.74, 6) is 0.617. The van der Waals surface area contributed by atoms with Crippen molar-refractivity contribution in [2.75, 3.05) is 6.54 Å². The van der Waals surface area contributed by atoms with Gasteiger partial charge in [-0.25, -0.2) is 0 Å². The van der Waals surface area contributed by atoms with Crippen LogP contribution >= 0.6 is 0 Å². The van der Waals surface area contributed by atoms with Crippen LogP contribution in [0.1, 0.15) is 35.3 Å². The van der Waals surface area contributed by atoms with Crippen molar-refractivity contribution in [3.63, 3.8) is 0 Å². The van der Waals surface area contributed by atoms with Gasteiger partial charge < -0.3 is 19.2 Å². The smallest absolute Gasteiger partial charge is 0.316 e. The molecule has 1 aromatic heterocycles. The number of hydrogen-bond acceptors (Lipinski definition) is 4. The molecule has 0 unspecified atom stereocenters. The first kappa shape index (κ1) is 23.0. The van der Waals surface area contributed by atoms with Crippen molar-refractivity contribution in [1.29, 1.82) is 0 Å². The van der Waals surface area contributed by atoms with Gasteiger partial charge in [-0.2, -0.15) is 0 Å². The number of benzene rings is 3. The van der Waals surface area contributed by atoms with E-state index in [1.807, 2.05) is 61.5 Å². The Bertz CT molecular complexity index is 1410. The number of fused-ring (bicyclic) bond motifs is 1. The molecule has 0 aliphatic carbocycles. The van der Waals surface area contributed by atoms with Crippen LogP contribution < -0.4 is 15.9 Å². The second-order valence-electron chi connectivity index (χ2n) is 7.97. The highest BCUT2D eigenvalue weighted by molar-refractivity contribution is 5.97. The van der Waals surface area contributed by atoms with Gasteiger partial charge in [-0.15, -0.1) is 0 Å². The minimum Gasteiger partial charge on any atom is -0.489 e. The predicted molar refractivity (Wildman–Crippen MR) is 132 cm³/mol. The van der Waals surface area contributed by atoms with Gasteiger partial charge in [0.15, 0.2) is 0 Å². The number of aromatic nitrogens is 2. The Labute approximate surface area is 197 Å². The van der Waals surface area contributed by atoms with Gasteiger partial charge in [0, 0.05) is 25.2 Å². The van der Waals surface area contributed by atoms with Crippen LogP contribution in [0.25, 0.3) is 11.0 Å². The Morgan fingerprint density at radius 2 is 1.68 bits per heavy atom. The number of amides is 1. The minimum absolute atomic E-state index is 0.149. The third kappa shape index (κ3) is 4.93. The van der Waals surface area contributed by atoms with Crippen LogP contribution in [0, 0.1) is 0 Å².